The van der Waals surface area contributed by atoms with Gasteiger partial charge in [0.2, 0.25) is 0 Å². The van der Waals surface area contributed by atoms with Crippen LogP contribution < -0.4 is 52.3 Å². The van der Waals surface area contributed by atoms with E-state index in [9.17, 15) is 60.0 Å². The van der Waals surface area contributed by atoms with E-state index in [1.54, 1.807) is 48.5 Å². The zero-order valence-corrected chi connectivity index (χ0v) is 23.9. The molecule has 38 heavy (non-hydrogen) atoms. The molecule has 0 aliphatic rings. The maximum absolute atomic E-state index is 9.97. The summed E-state index contributed by atoms with van der Waals surface area (Å²) >= 11 is 0. The minimum atomic E-state index is -2.80. The monoisotopic (exact) mass is 754 g/mol. The van der Waals surface area contributed by atoms with Gasteiger partial charge in [-0.05, 0) is 24.3 Å². The maximum Gasteiger partial charge on any atom is 3.00 e. The Morgan fingerprint density at radius 2 is 0.737 bits per heavy atom. The SMILES string of the molecule is Nc1ccccc1O.Nc1ccccc1O.O=C([O-])C([O-])C([O-])C(=O)[O-].O=C([O-])C([O-])C([O-])C(=O)[O-].[H+].[H+].[Sb+3].[Sb+3]. The molecule has 204 valence electrons. The standard InChI is InChI=1S/2C6H7NO.2C4H4O6.2Sb/c2*7-5-3-1-2-4-6(5)8;2*5-1(3(7)8)2(6)4(9)10;;/h2*1-4,8H,7H2;2*1-2H,(H,7,8)(H,9,10);;/q;;2*-2;2*+3/p-2. The zero-order valence-electron chi connectivity index (χ0n) is 20.8. The summed E-state index contributed by atoms with van der Waals surface area (Å²) in [5.74, 6) is -8.64. The van der Waals surface area contributed by atoms with Crippen LogP contribution >= 0.6 is 0 Å². The summed E-state index contributed by atoms with van der Waals surface area (Å²) in [5.41, 5.74) is 11.4. The molecule has 0 aliphatic heterocycles. The molecule has 4 unspecified atom stereocenters. The molecule has 0 bridgehead atoms. The van der Waals surface area contributed by atoms with Crippen LogP contribution in [0.25, 0.3) is 0 Å². The van der Waals surface area contributed by atoms with Crippen LogP contribution in [-0.2, 0) is 19.2 Å². The average molecular weight is 756 g/mol. The number of nitrogens with two attached hydrogens (primary N) is 2. The number of carbonyl (C=O) groups is 4. The van der Waals surface area contributed by atoms with E-state index >= 15 is 0 Å². The first-order valence-electron chi connectivity index (χ1n) is 9.08. The Balaban J connectivity index is -0.0000000935. The number of rotatable bonds is 6. The summed E-state index contributed by atoms with van der Waals surface area (Å²) in [4.78, 5) is 38.1. The number of carboxylic acid groups (broad SMARTS) is 4. The Hall–Kier alpha value is -3.00. The smallest absolute Gasteiger partial charge is 0.848 e. The quantitative estimate of drug-likeness (QED) is 0.121. The van der Waals surface area contributed by atoms with Crippen molar-refractivity contribution in [2.45, 2.75) is 24.4 Å². The fourth-order valence-electron chi connectivity index (χ4n) is 1.47. The fraction of sp³-hybridized carbons (Fsp3) is 0.200. The van der Waals surface area contributed by atoms with E-state index in [0.717, 1.165) is 0 Å². The molecule has 0 heterocycles. The molecule has 2 rings (SSSR count). The van der Waals surface area contributed by atoms with Crippen LogP contribution in [0.5, 0.6) is 11.5 Å². The van der Waals surface area contributed by atoms with Gasteiger partial charge in [-0.1, -0.05) is 48.7 Å². The fourth-order valence-corrected chi connectivity index (χ4v) is 1.47. The number of carboxylic acids is 4. The molecule has 0 aliphatic carbocycles. The van der Waals surface area contributed by atoms with Gasteiger partial charge in [-0.15, -0.1) is 0 Å². The van der Waals surface area contributed by atoms with E-state index in [0.29, 0.717) is 11.4 Å². The van der Waals surface area contributed by atoms with Gasteiger partial charge in [0.25, 0.3) is 0 Å². The van der Waals surface area contributed by atoms with Crippen LogP contribution in [0.3, 0.4) is 0 Å². The molecule has 0 spiro atoms. The predicted molar refractivity (Wildman–Crippen MR) is 114 cm³/mol. The van der Waals surface area contributed by atoms with E-state index in [1.165, 1.54) is 0 Å². The number of phenols is 2. The molecule has 0 fully saturated rings. The Labute approximate surface area is 252 Å². The molecule has 0 aromatic heterocycles. The average Bonchev–Trinajstić information content (AvgIpc) is 2.81. The first kappa shape index (κ1) is 42.1. The van der Waals surface area contributed by atoms with Crippen LogP contribution in [0.1, 0.15) is 2.85 Å². The minimum absolute atomic E-state index is 0. The van der Waals surface area contributed by atoms with Crippen LogP contribution in [0.15, 0.2) is 48.5 Å². The summed E-state index contributed by atoms with van der Waals surface area (Å²) in [7, 11) is 0. The molecule has 18 heteroatoms. The Bertz CT molecular complexity index is 865. The van der Waals surface area contributed by atoms with Gasteiger partial charge < -0.3 is 81.7 Å². The van der Waals surface area contributed by atoms with Crippen molar-refractivity contribution in [1.82, 2.24) is 0 Å². The maximum atomic E-state index is 9.97. The molecule has 16 nitrogen and oxygen atoms in total. The van der Waals surface area contributed by atoms with Crippen LogP contribution in [-0.4, -0.2) is 107 Å². The second-order valence-corrected chi connectivity index (χ2v) is 6.08. The van der Waals surface area contributed by atoms with Gasteiger partial charge in [0.05, 0.1) is 11.4 Å². The van der Waals surface area contributed by atoms with E-state index in [1.807, 2.05) is 0 Å². The third-order valence-corrected chi connectivity index (χ3v) is 3.35. The largest absolute Gasteiger partial charge is 3.00 e. The third-order valence-electron chi connectivity index (χ3n) is 3.35. The number of nitrogen functional groups attached to an aromatic ring is 2. The molecule has 0 saturated carbocycles. The summed E-state index contributed by atoms with van der Waals surface area (Å²) in [6.45, 7) is 0. The van der Waals surface area contributed by atoms with Gasteiger partial charge in [0.15, 0.2) is 0 Å². The number of phenolic OH excluding ortho intramolecular Hbond substituents is 2. The van der Waals surface area contributed by atoms with Crippen molar-refractivity contribution >= 4 is 84.1 Å². The van der Waals surface area contributed by atoms with E-state index in [4.69, 9.17) is 21.7 Å². The van der Waals surface area contributed by atoms with Crippen LogP contribution in [0.4, 0.5) is 11.4 Å². The molecule has 6 N–H and O–H groups in total. The number of hydrogen-bond donors (Lipinski definition) is 4. The number of anilines is 2. The molecule has 0 saturated heterocycles. The van der Waals surface area contributed by atoms with Gasteiger partial charge in [0.1, 0.15) is 11.5 Å². The number of carbonyl (C=O) groups excluding carboxylic acids is 4. The van der Waals surface area contributed by atoms with Gasteiger partial charge in [-0.25, -0.2) is 0 Å². The second kappa shape index (κ2) is 22.0. The van der Waals surface area contributed by atoms with Gasteiger partial charge in [0, 0.05) is 23.9 Å². The van der Waals surface area contributed by atoms with Crippen LogP contribution in [0.2, 0.25) is 0 Å². The van der Waals surface area contributed by atoms with Crippen molar-refractivity contribution in [3.05, 3.63) is 48.5 Å². The number of aromatic hydroxyl groups is 2. The Morgan fingerprint density at radius 1 is 0.553 bits per heavy atom. The normalized spacial score (nSPS) is 12.1. The number of aliphatic carboxylic acids is 4. The second-order valence-electron chi connectivity index (χ2n) is 6.08. The molecular weight excluding hydrogens is 736 g/mol. The van der Waals surface area contributed by atoms with E-state index < -0.39 is 48.3 Å². The topological polar surface area (TPSA) is 345 Å². The van der Waals surface area contributed by atoms with Crippen LogP contribution in [0, 0.1) is 0 Å². The molecule has 0 amide bonds. The first-order valence-corrected chi connectivity index (χ1v) is 9.08. The zero-order chi connectivity index (χ0) is 28.6. The van der Waals surface area contributed by atoms with E-state index in [-0.39, 0.29) is 63.2 Å². The van der Waals surface area contributed by atoms with Crippen molar-refractivity contribution in [3.8, 4) is 11.5 Å². The summed E-state index contributed by atoms with van der Waals surface area (Å²) < 4.78 is 0. The molecule has 2 aromatic carbocycles. The predicted octanol–water partition coefficient (Wildman–Crippen LogP) is -10.7. The summed E-state index contributed by atoms with van der Waals surface area (Å²) in [6, 6.07) is 13.4. The first-order chi connectivity index (χ1) is 16.5. The Morgan fingerprint density at radius 3 is 0.842 bits per heavy atom. The van der Waals surface area contributed by atoms with Crippen molar-refractivity contribution in [3.63, 3.8) is 0 Å². The summed E-state index contributed by atoms with van der Waals surface area (Å²) in [5, 5.41) is 95.6. The molecule has 2 aromatic rings. The van der Waals surface area contributed by atoms with E-state index in [2.05, 4.69) is 0 Å². The Kier molecular flexibility index (Phi) is 24.4. The van der Waals surface area contributed by atoms with Crippen molar-refractivity contribution in [2.75, 3.05) is 11.5 Å². The van der Waals surface area contributed by atoms with Crippen molar-refractivity contribution in [2.24, 2.45) is 0 Å². The van der Waals surface area contributed by atoms with Gasteiger partial charge in [-0.2, -0.15) is 0 Å². The van der Waals surface area contributed by atoms with Gasteiger partial charge in [-0.3, -0.25) is 0 Å². The van der Waals surface area contributed by atoms with Gasteiger partial charge >= 0.3 is 51.7 Å². The molecular formula is C20H20N2O14Sb2. The number of para-hydroxylation sites is 4. The van der Waals surface area contributed by atoms with Crippen molar-refractivity contribution in [1.29, 1.82) is 0 Å². The minimum Gasteiger partial charge on any atom is -0.848 e. The summed E-state index contributed by atoms with van der Waals surface area (Å²) in [6.07, 6.45) is -11.2. The number of benzene rings is 2. The third kappa shape index (κ3) is 18.3. The molecule has 4 atom stereocenters. The van der Waals surface area contributed by atoms with Crippen molar-refractivity contribution < 1.29 is 73.1 Å². The number of hydrogen-bond acceptors (Lipinski definition) is 16. The molecule has 4 radical (unpaired) electrons.